The molecule has 0 atom stereocenters. The van der Waals surface area contributed by atoms with Crippen molar-refractivity contribution >= 4 is 29.9 Å². The summed E-state index contributed by atoms with van der Waals surface area (Å²) in [4.78, 5) is 4.33. The molecule has 2 N–H and O–H groups in total. The number of rotatable bonds is 8. The summed E-state index contributed by atoms with van der Waals surface area (Å²) < 4.78 is 10.2. The predicted molar refractivity (Wildman–Crippen MR) is 77.8 cm³/mol. The van der Waals surface area contributed by atoms with E-state index in [-0.39, 0.29) is 24.0 Å². The summed E-state index contributed by atoms with van der Waals surface area (Å²) in [6.45, 7) is 8.39. The molecule has 0 bridgehead atoms. The van der Waals surface area contributed by atoms with Crippen molar-refractivity contribution in [1.29, 1.82) is 0 Å². The van der Waals surface area contributed by atoms with Crippen LogP contribution in [0.2, 0.25) is 0 Å². The second-order valence-corrected chi connectivity index (χ2v) is 2.90. The fourth-order valence-corrected chi connectivity index (χ4v) is 0.976. The summed E-state index contributed by atoms with van der Waals surface area (Å²) in [5.74, 6) is 0.843. The first-order chi connectivity index (χ1) is 7.35. The second kappa shape index (κ2) is 14.9. The first-order valence-corrected chi connectivity index (χ1v) is 5.44. The standard InChI is InChI=1S/C10H23N3O2.HI/c1-4-11-10(12-5-2)13-6-7-15-9-8-14-3;/h4-9H2,1-3H3,(H2,11,12,13);1H. The zero-order chi connectivity index (χ0) is 11.4. The van der Waals surface area contributed by atoms with E-state index in [1.54, 1.807) is 7.11 Å². The topological polar surface area (TPSA) is 54.9 Å². The van der Waals surface area contributed by atoms with Crippen LogP contribution in [0.5, 0.6) is 0 Å². The van der Waals surface area contributed by atoms with Gasteiger partial charge in [0.1, 0.15) is 0 Å². The number of methoxy groups -OCH3 is 1. The average molecular weight is 345 g/mol. The van der Waals surface area contributed by atoms with Gasteiger partial charge in [0.05, 0.1) is 26.4 Å². The fourth-order valence-electron chi connectivity index (χ4n) is 0.976. The first-order valence-electron chi connectivity index (χ1n) is 5.44. The van der Waals surface area contributed by atoms with Gasteiger partial charge in [-0.15, -0.1) is 24.0 Å². The van der Waals surface area contributed by atoms with Crippen molar-refractivity contribution in [1.82, 2.24) is 10.6 Å². The first kappa shape index (κ1) is 18.3. The number of nitrogens with zero attached hydrogens (tertiary/aromatic N) is 1. The van der Waals surface area contributed by atoms with E-state index in [4.69, 9.17) is 9.47 Å². The van der Waals surface area contributed by atoms with Gasteiger partial charge in [0.15, 0.2) is 5.96 Å². The third-order valence-corrected chi connectivity index (χ3v) is 1.63. The summed E-state index contributed by atoms with van der Waals surface area (Å²) in [6.07, 6.45) is 0. The Morgan fingerprint density at radius 1 is 1.06 bits per heavy atom. The Morgan fingerprint density at radius 3 is 2.19 bits per heavy atom. The molecule has 0 aromatic carbocycles. The molecule has 0 rings (SSSR count). The number of nitrogens with one attached hydrogen (secondary N) is 2. The highest BCUT2D eigenvalue weighted by molar-refractivity contribution is 14.0. The molecule has 0 aliphatic rings. The van der Waals surface area contributed by atoms with Crippen molar-refractivity contribution in [2.75, 3.05) is 46.6 Å². The highest BCUT2D eigenvalue weighted by atomic mass is 127. The molecule has 0 aromatic heterocycles. The SMILES string of the molecule is CCNC(=NCCOCCOC)NCC.I. The number of ether oxygens (including phenoxy) is 2. The summed E-state index contributed by atoms with van der Waals surface area (Å²) in [6, 6.07) is 0. The van der Waals surface area contributed by atoms with Gasteiger partial charge in [-0.3, -0.25) is 4.99 Å². The van der Waals surface area contributed by atoms with Crippen molar-refractivity contribution in [3.63, 3.8) is 0 Å². The van der Waals surface area contributed by atoms with Crippen LogP contribution in [0.25, 0.3) is 0 Å². The number of guanidine groups is 1. The number of hydrogen-bond acceptors (Lipinski definition) is 3. The van der Waals surface area contributed by atoms with Gasteiger partial charge < -0.3 is 20.1 Å². The maximum absolute atomic E-state index is 5.29. The molecule has 98 valence electrons. The van der Waals surface area contributed by atoms with Crippen LogP contribution in [0.4, 0.5) is 0 Å². The van der Waals surface area contributed by atoms with E-state index in [2.05, 4.69) is 15.6 Å². The third kappa shape index (κ3) is 12.0. The number of halogens is 1. The van der Waals surface area contributed by atoms with Gasteiger partial charge in [0.2, 0.25) is 0 Å². The Labute approximate surface area is 115 Å². The van der Waals surface area contributed by atoms with Gasteiger partial charge >= 0.3 is 0 Å². The van der Waals surface area contributed by atoms with Crippen molar-refractivity contribution in [3.8, 4) is 0 Å². The van der Waals surface area contributed by atoms with Gasteiger partial charge in [0.25, 0.3) is 0 Å². The van der Waals surface area contributed by atoms with E-state index in [1.165, 1.54) is 0 Å². The molecule has 0 radical (unpaired) electrons. The molecule has 0 aromatic rings. The van der Waals surface area contributed by atoms with Crippen molar-refractivity contribution in [2.45, 2.75) is 13.8 Å². The summed E-state index contributed by atoms with van der Waals surface area (Å²) in [5, 5.41) is 6.29. The highest BCUT2D eigenvalue weighted by Gasteiger charge is 1.93. The lowest BCUT2D eigenvalue weighted by atomic mass is 10.6. The maximum Gasteiger partial charge on any atom is 0.191 e. The average Bonchev–Trinajstić information content (AvgIpc) is 2.24. The molecule has 0 amide bonds. The van der Waals surface area contributed by atoms with Crippen LogP contribution in [0.1, 0.15) is 13.8 Å². The third-order valence-electron chi connectivity index (χ3n) is 1.63. The Bertz CT molecular complexity index is 160. The van der Waals surface area contributed by atoms with Crippen LogP contribution in [-0.4, -0.2) is 52.5 Å². The lowest BCUT2D eigenvalue weighted by Gasteiger charge is -2.09. The lowest BCUT2D eigenvalue weighted by molar-refractivity contribution is 0.0748. The zero-order valence-electron chi connectivity index (χ0n) is 10.4. The van der Waals surface area contributed by atoms with E-state index in [0.29, 0.717) is 26.4 Å². The zero-order valence-corrected chi connectivity index (χ0v) is 12.7. The normalized spacial score (nSPS) is 9.19. The number of hydrogen-bond donors (Lipinski definition) is 2. The van der Waals surface area contributed by atoms with E-state index in [9.17, 15) is 0 Å². The molecule has 0 fully saturated rings. The van der Waals surface area contributed by atoms with Crippen LogP contribution < -0.4 is 10.6 Å². The monoisotopic (exact) mass is 345 g/mol. The van der Waals surface area contributed by atoms with Crippen LogP contribution in [-0.2, 0) is 9.47 Å². The minimum Gasteiger partial charge on any atom is -0.382 e. The predicted octanol–water partition coefficient (Wildman–Crippen LogP) is 0.842. The van der Waals surface area contributed by atoms with Gasteiger partial charge in [-0.05, 0) is 13.8 Å². The summed E-state index contributed by atoms with van der Waals surface area (Å²) >= 11 is 0. The fraction of sp³-hybridized carbons (Fsp3) is 0.900. The smallest absolute Gasteiger partial charge is 0.191 e. The number of aliphatic imine (C=N–C) groups is 1. The lowest BCUT2D eigenvalue weighted by Crippen LogP contribution is -2.37. The molecule has 0 aliphatic heterocycles. The minimum absolute atomic E-state index is 0. The van der Waals surface area contributed by atoms with Gasteiger partial charge in [-0.1, -0.05) is 0 Å². The van der Waals surface area contributed by atoms with Crippen LogP contribution in [0, 0.1) is 0 Å². The second-order valence-electron chi connectivity index (χ2n) is 2.90. The molecule has 0 aliphatic carbocycles. The molecule has 0 saturated carbocycles. The van der Waals surface area contributed by atoms with E-state index < -0.39 is 0 Å². The van der Waals surface area contributed by atoms with E-state index in [1.807, 2.05) is 13.8 Å². The highest BCUT2D eigenvalue weighted by Crippen LogP contribution is 1.79. The van der Waals surface area contributed by atoms with Crippen molar-refractivity contribution in [2.24, 2.45) is 4.99 Å². The Kier molecular flexibility index (Phi) is 17.1. The van der Waals surface area contributed by atoms with E-state index >= 15 is 0 Å². The van der Waals surface area contributed by atoms with Gasteiger partial charge in [-0.25, -0.2) is 0 Å². The van der Waals surface area contributed by atoms with Gasteiger partial charge in [-0.2, -0.15) is 0 Å². The Hall–Kier alpha value is -0.0800. The van der Waals surface area contributed by atoms with Gasteiger partial charge in [0, 0.05) is 20.2 Å². The van der Waals surface area contributed by atoms with Crippen LogP contribution >= 0.6 is 24.0 Å². The quantitative estimate of drug-likeness (QED) is 0.296. The Morgan fingerprint density at radius 2 is 1.69 bits per heavy atom. The molecule has 16 heavy (non-hydrogen) atoms. The van der Waals surface area contributed by atoms with Crippen LogP contribution in [0.3, 0.4) is 0 Å². The summed E-state index contributed by atoms with van der Waals surface area (Å²) in [5.41, 5.74) is 0. The largest absolute Gasteiger partial charge is 0.382 e. The van der Waals surface area contributed by atoms with E-state index in [0.717, 1.165) is 19.0 Å². The molecule has 0 saturated heterocycles. The molecular formula is C10H24IN3O2. The minimum atomic E-state index is 0. The molecular weight excluding hydrogens is 321 g/mol. The summed E-state index contributed by atoms with van der Waals surface area (Å²) in [7, 11) is 1.66. The molecule has 5 nitrogen and oxygen atoms in total. The maximum atomic E-state index is 5.29. The molecule has 0 heterocycles. The van der Waals surface area contributed by atoms with Crippen molar-refractivity contribution in [3.05, 3.63) is 0 Å². The molecule has 0 spiro atoms. The van der Waals surface area contributed by atoms with Crippen LogP contribution in [0.15, 0.2) is 4.99 Å². The van der Waals surface area contributed by atoms with Crippen molar-refractivity contribution < 1.29 is 9.47 Å². The Balaban J connectivity index is 0. The molecule has 0 unspecified atom stereocenters. The molecule has 6 heteroatoms.